The molecule has 1 aliphatic heterocycles. The topological polar surface area (TPSA) is 58.4 Å². The normalized spacial score (nSPS) is 17.2. The molecule has 5 heteroatoms. The number of amides is 1. The zero-order chi connectivity index (χ0) is 16.2. The summed E-state index contributed by atoms with van der Waals surface area (Å²) in [5.74, 6) is 0.0842. The third-order valence-electron chi connectivity index (χ3n) is 4.67. The molecule has 1 atom stereocenters. The zero-order valence-corrected chi connectivity index (χ0v) is 14.9. The summed E-state index contributed by atoms with van der Waals surface area (Å²) in [6.07, 6.45) is 1.96. The van der Waals surface area contributed by atoms with E-state index in [0.717, 1.165) is 31.5 Å². The number of likely N-dealkylation sites (tertiary alicyclic amines) is 1. The van der Waals surface area contributed by atoms with Crippen LogP contribution in [0.25, 0.3) is 10.8 Å². The summed E-state index contributed by atoms with van der Waals surface area (Å²) >= 11 is 0. The average molecular weight is 348 g/mol. The van der Waals surface area contributed by atoms with Gasteiger partial charge in [-0.05, 0) is 36.1 Å². The summed E-state index contributed by atoms with van der Waals surface area (Å²) in [5.41, 5.74) is 7.07. The number of rotatable bonds is 4. The molecule has 1 saturated heterocycles. The van der Waals surface area contributed by atoms with E-state index in [1.54, 1.807) is 0 Å². The van der Waals surface area contributed by atoms with E-state index < -0.39 is 0 Å². The molecule has 0 aromatic heterocycles. The van der Waals surface area contributed by atoms with Crippen LogP contribution in [0.5, 0.6) is 0 Å². The molecule has 1 amide bonds. The highest BCUT2D eigenvalue weighted by molar-refractivity contribution is 5.87. The lowest BCUT2D eigenvalue weighted by Crippen LogP contribution is -2.44. The predicted octanol–water partition coefficient (Wildman–Crippen LogP) is 2.86. The molecule has 130 valence electrons. The number of nitrogens with two attached hydrogens (primary N) is 1. The first-order chi connectivity index (χ1) is 11.1. The van der Waals surface area contributed by atoms with Crippen molar-refractivity contribution in [2.45, 2.75) is 31.8 Å². The van der Waals surface area contributed by atoms with Gasteiger partial charge in [-0.3, -0.25) is 9.69 Å². The minimum Gasteiger partial charge on any atom is -0.348 e. The average Bonchev–Trinajstić information content (AvgIpc) is 2.56. The van der Waals surface area contributed by atoms with Crippen molar-refractivity contribution in [2.75, 3.05) is 19.6 Å². The van der Waals surface area contributed by atoms with Gasteiger partial charge in [-0.1, -0.05) is 42.5 Å². The fourth-order valence-corrected chi connectivity index (χ4v) is 3.31. The smallest absolute Gasteiger partial charge is 0.234 e. The monoisotopic (exact) mass is 347 g/mol. The van der Waals surface area contributed by atoms with E-state index >= 15 is 0 Å². The van der Waals surface area contributed by atoms with Gasteiger partial charge in [0, 0.05) is 19.1 Å². The molecule has 1 unspecified atom stereocenters. The van der Waals surface area contributed by atoms with Crippen molar-refractivity contribution in [3.63, 3.8) is 0 Å². The van der Waals surface area contributed by atoms with Crippen LogP contribution >= 0.6 is 12.4 Å². The third-order valence-corrected chi connectivity index (χ3v) is 4.67. The van der Waals surface area contributed by atoms with E-state index in [-0.39, 0.29) is 24.4 Å². The number of halogens is 1. The Kier molecular flexibility index (Phi) is 6.60. The SMILES string of the molecule is CC(NC(=O)CN1CCC(N)CC1)c1cccc2ccccc12.Cl. The molecule has 0 radical (unpaired) electrons. The molecule has 24 heavy (non-hydrogen) atoms. The lowest BCUT2D eigenvalue weighted by molar-refractivity contribution is -0.123. The molecule has 1 aliphatic rings. The molecule has 3 rings (SSSR count). The first kappa shape index (κ1) is 18.7. The second-order valence-corrected chi connectivity index (χ2v) is 6.47. The molecule has 3 N–H and O–H groups in total. The van der Waals surface area contributed by atoms with Gasteiger partial charge in [0.05, 0.1) is 12.6 Å². The number of piperidine rings is 1. The molecule has 2 aromatic rings. The molecule has 0 bridgehead atoms. The lowest BCUT2D eigenvalue weighted by atomic mass is 9.99. The third kappa shape index (κ3) is 4.47. The standard InChI is InChI=1S/C19H25N3O.ClH/c1-14(17-8-4-6-15-5-2-3-7-18(15)17)21-19(23)13-22-11-9-16(20)10-12-22;/h2-8,14,16H,9-13,20H2,1H3,(H,21,23);1H. The molecule has 1 heterocycles. The van der Waals surface area contributed by atoms with Crippen LogP contribution in [0.3, 0.4) is 0 Å². The van der Waals surface area contributed by atoms with E-state index in [1.165, 1.54) is 10.8 Å². The summed E-state index contributed by atoms with van der Waals surface area (Å²) < 4.78 is 0. The van der Waals surface area contributed by atoms with Gasteiger partial charge in [0.25, 0.3) is 0 Å². The highest BCUT2D eigenvalue weighted by Crippen LogP contribution is 2.24. The van der Waals surface area contributed by atoms with Crippen molar-refractivity contribution in [1.82, 2.24) is 10.2 Å². The maximum absolute atomic E-state index is 12.3. The minimum absolute atomic E-state index is 0. The second kappa shape index (κ2) is 8.47. The Labute approximate surface area is 149 Å². The highest BCUT2D eigenvalue weighted by Gasteiger charge is 2.19. The van der Waals surface area contributed by atoms with Crippen molar-refractivity contribution < 1.29 is 4.79 Å². The molecule has 0 saturated carbocycles. The van der Waals surface area contributed by atoms with Crippen molar-refractivity contribution >= 4 is 29.1 Å². The molecule has 1 fully saturated rings. The van der Waals surface area contributed by atoms with Crippen LogP contribution in [0.4, 0.5) is 0 Å². The number of hydrogen-bond donors (Lipinski definition) is 2. The quantitative estimate of drug-likeness (QED) is 0.894. The maximum atomic E-state index is 12.3. The predicted molar refractivity (Wildman–Crippen MR) is 101 cm³/mol. The number of benzene rings is 2. The van der Waals surface area contributed by atoms with Crippen LogP contribution in [-0.4, -0.2) is 36.5 Å². The Hall–Kier alpha value is -1.62. The van der Waals surface area contributed by atoms with E-state index in [9.17, 15) is 4.79 Å². The Morgan fingerprint density at radius 1 is 1.21 bits per heavy atom. The molecular weight excluding hydrogens is 322 g/mol. The lowest BCUT2D eigenvalue weighted by Gasteiger charge is -2.29. The molecule has 0 spiro atoms. The van der Waals surface area contributed by atoms with E-state index in [0.29, 0.717) is 12.6 Å². The van der Waals surface area contributed by atoms with Gasteiger partial charge in [0.2, 0.25) is 5.91 Å². The number of hydrogen-bond acceptors (Lipinski definition) is 3. The van der Waals surface area contributed by atoms with Crippen molar-refractivity contribution in [2.24, 2.45) is 5.73 Å². The summed E-state index contributed by atoms with van der Waals surface area (Å²) in [6, 6.07) is 14.8. The van der Waals surface area contributed by atoms with Gasteiger partial charge in [-0.2, -0.15) is 0 Å². The fraction of sp³-hybridized carbons (Fsp3) is 0.421. The van der Waals surface area contributed by atoms with Gasteiger partial charge in [-0.15, -0.1) is 12.4 Å². The summed E-state index contributed by atoms with van der Waals surface area (Å²) in [6.45, 7) is 4.34. The summed E-state index contributed by atoms with van der Waals surface area (Å²) in [7, 11) is 0. The number of fused-ring (bicyclic) bond motifs is 1. The Morgan fingerprint density at radius 3 is 2.62 bits per heavy atom. The van der Waals surface area contributed by atoms with Crippen molar-refractivity contribution in [3.8, 4) is 0 Å². The van der Waals surface area contributed by atoms with Gasteiger partial charge < -0.3 is 11.1 Å². The number of nitrogens with zero attached hydrogens (tertiary/aromatic N) is 1. The summed E-state index contributed by atoms with van der Waals surface area (Å²) in [5, 5.41) is 5.54. The zero-order valence-electron chi connectivity index (χ0n) is 14.1. The largest absolute Gasteiger partial charge is 0.348 e. The Balaban J connectivity index is 0.00000208. The van der Waals surface area contributed by atoms with Crippen LogP contribution in [0, 0.1) is 0 Å². The van der Waals surface area contributed by atoms with Crippen LogP contribution < -0.4 is 11.1 Å². The van der Waals surface area contributed by atoms with Crippen LogP contribution in [0.1, 0.15) is 31.4 Å². The van der Waals surface area contributed by atoms with Gasteiger partial charge >= 0.3 is 0 Å². The van der Waals surface area contributed by atoms with Crippen LogP contribution in [0.15, 0.2) is 42.5 Å². The minimum atomic E-state index is 0. The maximum Gasteiger partial charge on any atom is 0.234 e. The Bertz CT molecular complexity index is 678. The van der Waals surface area contributed by atoms with Crippen LogP contribution in [-0.2, 0) is 4.79 Å². The first-order valence-electron chi connectivity index (χ1n) is 8.38. The van der Waals surface area contributed by atoms with Gasteiger partial charge in [-0.25, -0.2) is 0 Å². The van der Waals surface area contributed by atoms with Crippen LogP contribution in [0.2, 0.25) is 0 Å². The number of carbonyl (C=O) groups is 1. The van der Waals surface area contributed by atoms with Gasteiger partial charge in [0.1, 0.15) is 0 Å². The highest BCUT2D eigenvalue weighted by atomic mass is 35.5. The van der Waals surface area contributed by atoms with E-state index in [4.69, 9.17) is 5.73 Å². The van der Waals surface area contributed by atoms with E-state index in [1.807, 2.05) is 25.1 Å². The summed E-state index contributed by atoms with van der Waals surface area (Å²) in [4.78, 5) is 14.5. The number of carbonyl (C=O) groups excluding carboxylic acids is 1. The second-order valence-electron chi connectivity index (χ2n) is 6.47. The molecule has 0 aliphatic carbocycles. The first-order valence-corrected chi connectivity index (χ1v) is 8.38. The van der Waals surface area contributed by atoms with Crippen molar-refractivity contribution in [3.05, 3.63) is 48.0 Å². The molecule has 4 nitrogen and oxygen atoms in total. The molecule has 2 aromatic carbocycles. The molecular formula is C19H26ClN3O. The van der Waals surface area contributed by atoms with Gasteiger partial charge in [0.15, 0.2) is 0 Å². The van der Waals surface area contributed by atoms with E-state index in [2.05, 4.69) is 34.5 Å². The fourth-order valence-electron chi connectivity index (χ4n) is 3.31. The number of nitrogens with one attached hydrogen (secondary N) is 1. The Morgan fingerprint density at radius 2 is 1.88 bits per heavy atom. The van der Waals surface area contributed by atoms with Crippen molar-refractivity contribution in [1.29, 1.82) is 0 Å².